The number of hydrogen-bond acceptors (Lipinski definition) is 6. The smallest absolute Gasteiger partial charge is 0.257 e. The number of benzene rings is 2. The van der Waals surface area contributed by atoms with E-state index in [4.69, 9.17) is 0 Å². The van der Waals surface area contributed by atoms with Crippen LogP contribution in [0.4, 0.5) is 11.6 Å². The van der Waals surface area contributed by atoms with E-state index in [1.165, 1.54) is 0 Å². The van der Waals surface area contributed by atoms with Crippen LogP contribution in [0.1, 0.15) is 28.7 Å². The Bertz CT molecular complexity index is 1470. The van der Waals surface area contributed by atoms with Gasteiger partial charge in [-0.05, 0) is 36.8 Å². The number of amides is 1. The third-order valence-electron chi connectivity index (χ3n) is 5.54. The minimum absolute atomic E-state index is 0.167. The van der Waals surface area contributed by atoms with Crippen LogP contribution in [-0.2, 0) is 6.42 Å². The summed E-state index contributed by atoms with van der Waals surface area (Å²) in [6, 6.07) is 17.2. The van der Waals surface area contributed by atoms with Gasteiger partial charge in [-0.3, -0.25) is 9.36 Å². The fourth-order valence-electron chi connectivity index (χ4n) is 3.88. The molecule has 5 aromatic rings. The SMILES string of the molecule is C[C@H](O)CNc1nccc(-n2ccnc2Cc2cccc(NC(=O)c3c[nH]c4ccccc34)c2)n1. The molecule has 2 aromatic carbocycles. The van der Waals surface area contributed by atoms with Gasteiger partial charge in [0, 0.05) is 54.3 Å². The van der Waals surface area contributed by atoms with E-state index in [0.717, 1.165) is 22.3 Å². The van der Waals surface area contributed by atoms with E-state index in [0.29, 0.717) is 36.0 Å². The van der Waals surface area contributed by atoms with Gasteiger partial charge in [0.2, 0.25) is 5.95 Å². The summed E-state index contributed by atoms with van der Waals surface area (Å²) in [6.45, 7) is 2.05. The van der Waals surface area contributed by atoms with Crippen molar-refractivity contribution in [3.05, 3.63) is 96.3 Å². The Morgan fingerprint density at radius 1 is 1.11 bits per heavy atom. The van der Waals surface area contributed by atoms with Crippen molar-refractivity contribution >= 4 is 28.4 Å². The maximum absolute atomic E-state index is 12.9. The molecule has 1 atom stereocenters. The quantitative estimate of drug-likeness (QED) is 0.276. The standard InChI is InChI=1S/C26H25N7O2/c1-17(34)15-30-26-28-10-9-23(32-26)33-12-11-27-24(33)14-18-5-4-6-19(13-18)31-25(35)21-16-29-22-8-3-2-7-20(21)22/h2-13,16-17,29,34H,14-15H2,1H3,(H,31,35)(H,28,30,32)/t17-/m0/s1. The van der Waals surface area contributed by atoms with Gasteiger partial charge in [0.1, 0.15) is 11.6 Å². The number of hydrogen-bond donors (Lipinski definition) is 4. The summed E-state index contributed by atoms with van der Waals surface area (Å²) in [5.41, 5.74) is 3.23. The van der Waals surface area contributed by atoms with Crippen molar-refractivity contribution in [3.8, 4) is 5.82 Å². The normalized spacial score (nSPS) is 11.9. The topological polar surface area (TPSA) is 121 Å². The molecule has 0 aliphatic rings. The summed E-state index contributed by atoms with van der Waals surface area (Å²) in [6.07, 6.45) is 7.01. The van der Waals surface area contributed by atoms with Crippen LogP contribution in [0.5, 0.6) is 0 Å². The van der Waals surface area contributed by atoms with Crippen LogP contribution >= 0.6 is 0 Å². The van der Waals surface area contributed by atoms with Gasteiger partial charge >= 0.3 is 0 Å². The van der Waals surface area contributed by atoms with Crippen molar-refractivity contribution in [3.63, 3.8) is 0 Å². The Hall–Kier alpha value is -4.50. The Kier molecular flexibility index (Phi) is 6.23. The zero-order valence-corrected chi connectivity index (χ0v) is 19.1. The molecule has 0 saturated heterocycles. The molecule has 0 bridgehead atoms. The van der Waals surface area contributed by atoms with Crippen LogP contribution in [0.2, 0.25) is 0 Å². The van der Waals surface area contributed by atoms with Gasteiger partial charge in [-0.25, -0.2) is 9.97 Å². The predicted octanol–water partition coefficient (Wildman–Crippen LogP) is 3.78. The molecule has 176 valence electrons. The second kappa shape index (κ2) is 9.78. The lowest BCUT2D eigenvalue weighted by atomic mass is 10.1. The van der Waals surface area contributed by atoms with Crippen molar-refractivity contribution in [1.82, 2.24) is 24.5 Å². The lowest BCUT2D eigenvalue weighted by molar-refractivity contribution is 0.102. The molecule has 9 heteroatoms. The van der Waals surface area contributed by atoms with Gasteiger partial charge < -0.3 is 20.7 Å². The molecular weight excluding hydrogens is 442 g/mol. The molecule has 4 N–H and O–H groups in total. The predicted molar refractivity (Wildman–Crippen MR) is 135 cm³/mol. The van der Waals surface area contributed by atoms with Crippen LogP contribution in [-0.4, -0.2) is 48.2 Å². The summed E-state index contributed by atoms with van der Waals surface area (Å²) >= 11 is 0. The summed E-state index contributed by atoms with van der Waals surface area (Å²) in [5, 5.41) is 16.4. The first kappa shape index (κ1) is 22.3. The summed E-state index contributed by atoms with van der Waals surface area (Å²) < 4.78 is 1.90. The van der Waals surface area contributed by atoms with E-state index >= 15 is 0 Å². The number of imidazole rings is 1. The van der Waals surface area contributed by atoms with Crippen molar-refractivity contribution < 1.29 is 9.90 Å². The first-order valence-electron chi connectivity index (χ1n) is 11.3. The van der Waals surface area contributed by atoms with Crippen molar-refractivity contribution in [2.45, 2.75) is 19.4 Å². The fourth-order valence-corrected chi connectivity index (χ4v) is 3.88. The van der Waals surface area contributed by atoms with E-state index in [-0.39, 0.29) is 5.91 Å². The largest absolute Gasteiger partial charge is 0.392 e. The minimum atomic E-state index is -0.505. The number of anilines is 2. The third kappa shape index (κ3) is 5.04. The fraction of sp³-hybridized carbons (Fsp3) is 0.154. The first-order chi connectivity index (χ1) is 17.1. The van der Waals surface area contributed by atoms with Crippen LogP contribution < -0.4 is 10.6 Å². The van der Waals surface area contributed by atoms with Gasteiger partial charge in [-0.1, -0.05) is 30.3 Å². The number of nitrogens with one attached hydrogen (secondary N) is 3. The highest BCUT2D eigenvalue weighted by Gasteiger charge is 2.13. The number of fused-ring (bicyclic) bond motifs is 1. The highest BCUT2D eigenvalue weighted by atomic mass is 16.3. The van der Waals surface area contributed by atoms with E-state index in [1.807, 2.05) is 59.3 Å². The van der Waals surface area contributed by atoms with Gasteiger partial charge in [-0.2, -0.15) is 4.98 Å². The van der Waals surface area contributed by atoms with E-state index < -0.39 is 6.10 Å². The molecule has 35 heavy (non-hydrogen) atoms. The average molecular weight is 468 g/mol. The number of carbonyl (C=O) groups excluding carboxylic acids is 1. The Morgan fingerprint density at radius 3 is 2.89 bits per heavy atom. The van der Waals surface area contributed by atoms with Crippen molar-refractivity contribution in [2.75, 3.05) is 17.2 Å². The highest BCUT2D eigenvalue weighted by molar-refractivity contribution is 6.12. The number of aromatic amines is 1. The Labute approximate surface area is 201 Å². The van der Waals surface area contributed by atoms with Crippen molar-refractivity contribution in [2.24, 2.45) is 0 Å². The Morgan fingerprint density at radius 2 is 2.00 bits per heavy atom. The number of H-pyrrole nitrogens is 1. The molecule has 5 rings (SSSR count). The third-order valence-corrected chi connectivity index (χ3v) is 5.54. The molecule has 0 radical (unpaired) electrons. The molecule has 0 unspecified atom stereocenters. The lowest BCUT2D eigenvalue weighted by Gasteiger charge is -2.11. The van der Waals surface area contributed by atoms with Gasteiger partial charge in [0.25, 0.3) is 5.91 Å². The zero-order valence-electron chi connectivity index (χ0n) is 19.1. The second-order valence-electron chi connectivity index (χ2n) is 8.26. The van der Waals surface area contributed by atoms with Crippen LogP contribution in [0.25, 0.3) is 16.7 Å². The molecule has 0 spiro atoms. The molecule has 0 aliphatic carbocycles. The number of aliphatic hydroxyl groups is 1. The number of para-hydroxylation sites is 1. The number of carbonyl (C=O) groups is 1. The molecule has 3 heterocycles. The number of nitrogens with zero attached hydrogens (tertiary/aromatic N) is 4. The molecule has 0 fully saturated rings. The molecular formula is C26H25N7O2. The summed E-state index contributed by atoms with van der Waals surface area (Å²) in [7, 11) is 0. The van der Waals surface area contributed by atoms with Gasteiger partial charge in [-0.15, -0.1) is 0 Å². The maximum Gasteiger partial charge on any atom is 0.257 e. The molecule has 1 amide bonds. The maximum atomic E-state index is 12.9. The van der Waals surface area contributed by atoms with E-state index in [2.05, 4.69) is 30.6 Å². The number of aliphatic hydroxyl groups excluding tert-OH is 1. The molecule has 0 saturated carbocycles. The average Bonchev–Trinajstić information content (AvgIpc) is 3.50. The summed E-state index contributed by atoms with van der Waals surface area (Å²) in [4.78, 5) is 29.3. The lowest BCUT2D eigenvalue weighted by Crippen LogP contribution is -2.17. The summed E-state index contributed by atoms with van der Waals surface area (Å²) in [5.74, 6) is 1.74. The second-order valence-corrected chi connectivity index (χ2v) is 8.26. The number of aromatic nitrogens is 5. The van der Waals surface area contributed by atoms with Crippen LogP contribution in [0.3, 0.4) is 0 Å². The Balaban J connectivity index is 1.33. The minimum Gasteiger partial charge on any atom is -0.392 e. The molecule has 0 aliphatic heterocycles. The van der Waals surface area contributed by atoms with Gasteiger partial charge in [0.05, 0.1) is 11.7 Å². The van der Waals surface area contributed by atoms with Gasteiger partial charge in [0.15, 0.2) is 0 Å². The first-order valence-corrected chi connectivity index (χ1v) is 11.3. The van der Waals surface area contributed by atoms with Crippen molar-refractivity contribution in [1.29, 1.82) is 0 Å². The molecule has 3 aromatic heterocycles. The highest BCUT2D eigenvalue weighted by Crippen LogP contribution is 2.21. The monoisotopic (exact) mass is 467 g/mol. The zero-order chi connectivity index (χ0) is 24.2. The van der Waals surface area contributed by atoms with E-state index in [9.17, 15) is 9.90 Å². The molecule has 9 nitrogen and oxygen atoms in total. The van der Waals surface area contributed by atoms with Crippen LogP contribution in [0.15, 0.2) is 79.4 Å². The van der Waals surface area contributed by atoms with Crippen LogP contribution in [0, 0.1) is 0 Å². The number of rotatable bonds is 8. The van der Waals surface area contributed by atoms with E-state index in [1.54, 1.807) is 31.6 Å².